The van der Waals surface area contributed by atoms with Gasteiger partial charge in [-0.3, -0.25) is 4.79 Å². The van der Waals surface area contributed by atoms with E-state index < -0.39 is 11.7 Å². The fraction of sp³-hybridized carbons (Fsp3) is 0.333. The van der Waals surface area contributed by atoms with E-state index in [0.717, 1.165) is 44.1 Å². The summed E-state index contributed by atoms with van der Waals surface area (Å²) >= 11 is 5.71. The number of aromatic nitrogens is 1. The molecule has 2 heterocycles. The Labute approximate surface area is 145 Å². The summed E-state index contributed by atoms with van der Waals surface area (Å²) in [6.45, 7) is 2.08. The van der Waals surface area contributed by atoms with Crippen LogP contribution in [-0.2, 0) is 6.42 Å². The quantitative estimate of drug-likeness (QED) is 0.887. The number of rotatable bonds is 4. The zero-order valence-electron chi connectivity index (χ0n) is 13.2. The highest BCUT2D eigenvalue weighted by Crippen LogP contribution is 2.19. The highest BCUT2D eigenvalue weighted by molar-refractivity contribution is 6.30. The first-order valence-corrected chi connectivity index (χ1v) is 8.42. The van der Waals surface area contributed by atoms with Gasteiger partial charge in [-0.25, -0.2) is 9.37 Å². The van der Waals surface area contributed by atoms with Gasteiger partial charge in [-0.05, 0) is 68.6 Å². The van der Waals surface area contributed by atoms with Crippen molar-refractivity contribution >= 4 is 23.3 Å². The lowest BCUT2D eigenvalue weighted by Gasteiger charge is -2.22. The molecule has 1 aromatic heterocycles. The maximum atomic E-state index is 13.8. The van der Waals surface area contributed by atoms with Gasteiger partial charge in [-0.1, -0.05) is 17.7 Å². The highest BCUT2D eigenvalue weighted by atomic mass is 35.5. The van der Waals surface area contributed by atoms with Gasteiger partial charge in [0.2, 0.25) is 0 Å². The highest BCUT2D eigenvalue weighted by Gasteiger charge is 2.16. The molecule has 24 heavy (non-hydrogen) atoms. The number of amides is 1. The molecule has 3 rings (SSSR count). The van der Waals surface area contributed by atoms with Gasteiger partial charge in [0.15, 0.2) is 0 Å². The summed E-state index contributed by atoms with van der Waals surface area (Å²) in [4.78, 5) is 16.7. The Kier molecular flexibility index (Phi) is 5.43. The molecule has 126 valence electrons. The summed E-state index contributed by atoms with van der Waals surface area (Å²) < 4.78 is 13.8. The van der Waals surface area contributed by atoms with Gasteiger partial charge < -0.3 is 10.6 Å². The lowest BCUT2D eigenvalue weighted by molar-refractivity contribution is 0.102. The van der Waals surface area contributed by atoms with Crippen molar-refractivity contribution in [2.75, 3.05) is 18.4 Å². The molecule has 1 amide bonds. The summed E-state index contributed by atoms with van der Waals surface area (Å²) in [6, 6.07) is 9.50. The van der Waals surface area contributed by atoms with Crippen molar-refractivity contribution in [1.29, 1.82) is 0 Å². The molecule has 0 aliphatic carbocycles. The van der Waals surface area contributed by atoms with Gasteiger partial charge in [0.05, 0.1) is 5.56 Å². The summed E-state index contributed by atoms with van der Waals surface area (Å²) in [5.41, 5.74) is 0.890. The van der Waals surface area contributed by atoms with E-state index in [9.17, 15) is 9.18 Å². The van der Waals surface area contributed by atoms with Gasteiger partial charge in [0.1, 0.15) is 11.6 Å². The predicted octanol–water partition coefficient (Wildman–Crippen LogP) is 3.67. The molecular formula is C18H19ClFN3O. The van der Waals surface area contributed by atoms with Crippen LogP contribution in [0.25, 0.3) is 0 Å². The van der Waals surface area contributed by atoms with Crippen molar-refractivity contribution in [3.8, 4) is 0 Å². The Bertz CT molecular complexity index is 732. The van der Waals surface area contributed by atoms with E-state index in [0.29, 0.717) is 11.7 Å². The minimum Gasteiger partial charge on any atom is -0.317 e. The zero-order chi connectivity index (χ0) is 16.9. The summed E-state index contributed by atoms with van der Waals surface area (Å²) in [6.07, 6.45) is 3.16. The van der Waals surface area contributed by atoms with Crippen molar-refractivity contribution in [3.63, 3.8) is 0 Å². The largest absolute Gasteiger partial charge is 0.317 e. The lowest BCUT2D eigenvalue weighted by atomic mass is 9.93. The van der Waals surface area contributed by atoms with E-state index in [1.807, 2.05) is 12.1 Å². The Morgan fingerprint density at radius 2 is 2.08 bits per heavy atom. The lowest BCUT2D eigenvalue weighted by Crippen LogP contribution is -2.28. The molecule has 6 heteroatoms. The third-order valence-electron chi connectivity index (χ3n) is 4.18. The fourth-order valence-corrected chi connectivity index (χ4v) is 3.06. The molecule has 1 saturated heterocycles. The number of carbonyl (C=O) groups excluding carboxylic acids is 1. The van der Waals surface area contributed by atoms with Crippen molar-refractivity contribution in [1.82, 2.24) is 10.3 Å². The average Bonchev–Trinajstić information content (AvgIpc) is 2.56. The molecule has 1 fully saturated rings. The Morgan fingerprint density at radius 3 is 2.83 bits per heavy atom. The second kappa shape index (κ2) is 7.73. The first kappa shape index (κ1) is 16.9. The van der Waals surface area contributed by atoms with Crippen LogP contribution < -0.4 is 10.6 Å². The van der Waals surface area contributed by atoms with Crippen LogP contribution in [0.2, 0.25) is 5.02 Å². The third kappa shape index (κ3) is 4.30. The monoisotopic (exact) mass is 347 g/mol. The number of hydrogen-bond donors (Lipinski definition) is 2. The predicted molar refractivity (Wildman–Crippen MR) is 92.9 cm³/mol. The molecule has 1 aliphatic heterocycles. The van der Waals surface area contributed by atoms with E-state index in [2.05, 4.69) is 15.6 Å². The number of nitrogens with one attached hydrogen (secondary N) is 2. The topological polar surface area (TPSA) is 54.0 Å². The smallest absolute Gasteiger partial charge is 0.259 e. The number of hydrogen-bond acceptors (Lipinski definition) is 3. The van der Waals surface area contributed by atoms with Crippen molar-refractivity contribution in [2.45, 2.75) is 19.3 Å². The number of piperidine rings is 1. The summed E-state index contributed by atoms with van der Waals surface area (Å²) in [5, 5.41) is 6.25. The van der Waals surface area contributed by atoms with Crippen LogP contribution in [-0.4, -0.2) is 24.0 Å². The number of anilines is 1. The molecular weight excluding hydrogens is 329 g/mol. The maximum absolute atomic E-state index is 13.8. The first-order valence-electron chi connectivity index (χ1n) is 8.05. The van der Waals surface area contributed by atoms with Crippen LogP contribution in [0.15, 0.2) is 36.4 Å². The maximum Gasteiger partial charge on any atom is 0.259 e. The molecule has 0 bridgehead atoms. The number of benzene rings is 1. The minimum absolute atomic E-state index is 0.0510. The standard InChI is InChI=1S/C18H19ClFN3O/c19-13-4-5-15(16(20)11-13)18(24)23-17-3-1-2-14(22-17)10-12-6-8-21-9-7-12/h1-5,11-12,21H,6-10H2,(H,22,23,24). The van der Waals surface area contributed by atoms with Crippen LogP contribution >= 0.6 is 11.6 Å². The van der Waals surface area contributed by atoms with Gasteiger partial charge in [0.25, 0.3) is 5.91 Å². The number of pyridine rings is 1. The van der Waals surface area contributed by atoms with E-state index in [4.69, 9.17) is 11.6 Å². The molecule has 0 spiro atoms. The molecule has 1 aromatic carbocycles. The van der Waals surface area contributed by atoms with Crippen molar-refractivity contribution in [3.05, 3.63) is 58.5 Å². The van der Waals surface area contributed by atoms with Gasteiger partial charge in [-0.15, -0.1) is 0 Å². The van der Waals surface area contributed by atoms with Gasteiger partial charge in [0, 0.05) is 10.7 Å². The Hall–Kier alpha value is -1.98. The molecule has 0 unspecified atom stereocenters. The number of nitrogens with zero attached hydrogens (tertiary/aromatic N) is 1. The first-order chi connectivity index (χ1) is 11.6. The van der Waals surface area contributed by atoms with Crippen LogP contribution in [0, 0.1) is 11.7 Å². The minimum atomic E-state index is -0.647. The fourth-order valence-electron chi connectivity index (χ4n) is 2.90. The van der Waals surface area contributed by atoms with Gasteiger partial charge >= 0.3 is 0 Å². The van der Waals surface area contributed by atoms with Crippen LogP contribution in [0.1, 0.15) is 28.9 Å². The molecule has 2 aromatic rings. The van der Waals surface area contributed by atoms with Crippen LogP contribution in [0.4, 0.5) is 10.2 Å². The van der Waals surface area contributed by atoms with E-state index in [1.165, 1.54) is 12.1 Å². The van der Waals surface area contributed by atoms with Crippen molar-refractivity contribution in [2.24, 2.45) is 5.92 Å². The van der Waals surface area contributed by atoms with Gasteiger partial charge in [-0.2, -0.15) is 0 Å². The molecule has 0 atom stereocenters. The van der Waals surface area contributed by atoms with E-state index in [-0.39, 0.29) is 10.6 Å². The second-order valence-corrected chi connectivity index (χ2v) is 6.43. The third-order valence-corrected chi connectivity index (χ3v) is 4.42. The van der Waals surface area contributed by atoms with Crippen molar-refractivity contribution < 1.29 is 9.18 Å². The molecule has 4 nitrogen and oxygen atoms in total. The normalized spacial score (nSPS) is 15.2. The SMILES string of the molecule is O=C(Nc1cccc(CC2CCNCC2)n1)c1ccc(Cl)cc1F. The molecule has 2 N–H and O–H groups in total. The number of carbonyl (C=O) groups is 1. The van der Waals surface area contributed by atoms with E-state index in [1.54, 1.807) is 6.07 Å². The molecule has 0 saturated carbocycles. The van der Waals surface area contributed by atoms with Crippen LogP contribution in [0.3, 0.4) is 0 Å². The average molecular weight is 348 g/mol. The van der Waals surface area contributed by atoms with E-state index >= 15 is 0 Å². The Balaban J connectivity index is 1.68. The molecule has 1 aliphatic rings. The second-order valence-electron chi connectivity index (χ2n) is 5.99. The summed E-state index contributed by atoms with van der Waals surface area (Å²) in [7, 11) is 0. The Morgan fingerprint density at radius 1 is 1.29 bits per heavy atom. The van der Waals surface area contributed by atoms with Crippen LogP contribution in [0.5, 0.6) is 0 Å². The zero-order valence-corrected chi connectivity index (χ0v) is 13.9. The molecule has 0 radical (unpaired) electrons. The summed E-state index contributed by atoms with van der Waals surface area (Å²) in [5.74, 6) is -0.138. The number of halogens is 2.